The van der Waals surface area contributed by atoms with E-state index in [1.165, 1.54) is 13.0 Å². The van der Waals surface area contributed by atoms with Crippen LogP contribution >= 0.6 is 45.5 Å². The maximum Gasteiger partial charge on any atom is 0.0260 e. The Kier molecular flexibility index (Phi) is 2.83. The summed E-state index contributed by atoms with van der Waals surface area (Å²) in [4.78, 5) is 0. The molecule has 0 unspecified atom stereocenters. The zero-order chi connectivity index (χ0) is 6.15. The third kappa shape index (κ3) is 1.70. The van der Waals surface area contributed by atoms with Gasteiger partial charge in [0.1, 0.15) is 0 Å². The standard InChI is InChI=1S/C5H9I2N/c1-4-2-5(6)3-8(4)7/h4-5H,2-3H2,1H3/t4-,5+/m1/s1. The molecule has 1 aliphatic rings. The van der Waals surface area contributed by atoms with Gasteiger partial charge < -0.3 is 0 Å². The van der Waals surface area contributed by atoms with Gasteiger partial charge in [0.05, 0.1) is 0 Å². The van der Waals surface area contributed by atoms with Crippen molar-refractivity contribution in [3.05, 3.63) is 0 Å². The fraction of sp³-hybridized carbons (Fsp3) is 1.00. The van der Waals surface area contributed by atoms with Crippen LogP contribution in [0.4, 0.5) is 0 Å². The minimum atomic E-state index is 0.803. The number of alkyl halides is 1. The average molecular weight is 337 g/mol. The lowest BCUT2D eigenvalue weighted by Gasteiger charge is -2.08. The van der Waals surface area contributed by atoms with E-state index in [9.17, 15) is 0 Å². The molecule has 0 radical (unpaired) electrons. The summed E-state index contributed by atoms with van der Waals surface area (Å²) in [5.74, 6) is 0. The third-order valence-electron chi connectivity index (χ3n) is 1.45. The number of rotatable bonds is 0. The molecule has 8 heavy (non-hydrogen) atoms. The van der Waals surface area contributed by atoms with Crippen molar-refractivity contribution >= 4 is 45.5 Å². The van der Waals surface area contributed by atoms with Gasteiger partial charge >= 0.3 is 0 Å². The Morgan fingerprint density at radius 3 is 2.38 bits per heavy atom. The van der Waals surface area contributed by atoms with Gasteiger partial charge in [-0.3, -0.25) is 0 Å². The molecule has 0 aromatic carbocycles. The number of hydrogen-bond donors (Lipinski definition) is 0. The summed E-state index contributed by atoms with van der Waals surface area (Å²) in [6, 6.07) is 0.803. The van der Waals surface area contributed by atoms with E-state index in [0.29, 0.717) is 0 Å². The normalized spacial score (nSPS) is 40.9. The second-order valence-corrected chi connectivity index (χ2v) is 5.27. The lowest BCUT2D eigenvalue weighted by Crippen LogP contribution is -2.14. The second kappa shape index (κ2) is 3.01. The van der Waals surface area contributed by atoms with E-state index in [-0.39, 0.29) is 0 Å². The van der Waals surface area contributed by atoms with Crippen molar-refractivity contribution in [1.29, 1.82) is 0 Å². The van der Waals surface area contributed by atoms with Crippen LogP contribution < -0.4 is 0 Å². The van der Waals surface area contributed by atoms with Gasteiger partial charge in [0, 0.05) is 39.4 Å². The van der Waals surface area contributed by atoms with Crippen LogP contribution in [0.1, 0.15) is 13.3 Å². The first kappa shape index (κ1) is 7.53. The van der Waals surface area contributed by atoms with E-state index in [0.717, 1.165) is 9.97 Å². The van der Waals surface area contributed by atoms with E-state index < -0.39 is 0 Å². The summed E-state index contributed by atoms with van der Waals surface area (Å²) in [7, 11) is 0. The SMILES string of the molecule is C[C@@H]1C[C@H](I)CN1I. The van der Waals surface area contributed by atoms with Crippen molar-refractivity contribution in [3.8, 4) is 0 Å². The first-order valence-corrected chi connectivity index (χ1v) is 4.97. The fourth-order valence-corrected chi connectivity index (χ4v) is 3.55. The van der Waals surface area contributed by atoms with Gasteiger partial charge in [-0.1, -0.05) is 22.6 Å². The molecule has 1 saturated heterocycles. The number of hydrogen-bond acceptors (Lipinski definition) is 1. The van der Waals surface area contributed by atoms with Crippen molar-refractivity contribution in [2.45, 2.75) is 23.3 Å². The van der Waals surface area contributed by atoms with Crippen molar-refractivity contribution in [2.24, 2.45) is 0 Å². The van der Waals surface area contributed by atoms with Gasteiger partial charge in [0.25, 0.3) is 0 Å². The monoisotopic (exact) mass is 337 g/mol. The lowest BCUT2D eigenvalue weighted by atomic mass is 10.3. The maximum absolute atomic E-state index is 2.52. The molecule has 3 heteroatoms. The first-order valence-electron chi connectivity index (χ1n) is 2.76. The Morgan fingerprint density at radius 2 is 2.25 bits per heavy atom. The molecule has 0 spiro atoms. The van der Waals surface area contributed by atoms with Crippen LogP contribution in [0, 0.1) is 0 Å². The minimum Gasteiger partial charge on any atom is -0.244 e. The first-order chi connectivity index (χ1) is 3.70. The summed E-state index contributed by atoms with van der Waals surface area (Å²) in [6.07, 6.45) is 1.36. The maximum atomic E-state index is 2.52. The molecular formula is C5H9I2N. The Bertz CT molecular complexity index is 76.5. The minimum absolute atomic E-state index is 0.803. The number of nitrogens with zero attached hydrogens (tertiary/aromatic N) is 1. The van der Waals surface area contributed by atoms with Crippen molar-refractivity contribution in [1.82, 2.24) is 3.11 Å². The van der Waals surface area contributed by atoms with E-state index in [1.807, 2.05) is 0 Å². The molecule has 0 aliphatic carbocycles. The van der Waals surface area contributed by atoms with Gasteiger partial charge in [-0.05, 0) is 13.3 Å². The van der Waals surface area contributed by atoms with Crippen LogP contribution in [0.5, 0.6) is 0 Å². The predicted octanol–water partition coefficient (Wildman–Crippen LogP) is 2.23. The highest BCUT2D eigenvalue weighted by molar-refractivity contribution is 14.1. The highest BCUT2D eigenvalue weighted by Crippen LogP contribution is 2.25. The largest absolute Gasteiger partial charge is 0.244 e. The van der Waals surface area contributed by atoms with Gasteiger partial charge in [-0.15, -0.1) is 0 Å². The lowest BCUT2D eigenvalue weighted by molar-refractivity contribution is 0.505. The number of halogens is 2. The summed E-state index contributed by atoms with van der Waals surface area (Å²) >= 11 is 4.92. The summed E-state index contributed by atoms with van der Waals surface area (Å²) in [5.41, 5.74) is 0. The third-order valence-corrected chi connectivity index (χ3v) is 3.69. The quantitative estimate of drug-likeness (QED) is 0.372. The van der Waals surface area contributed by atoms with Gasteiger partial charge in [0.15, 0.2) is 0 Å². The molecule has 1 heterocycles. The summed E-state index contributed by atoms with van der Waals surface area (Å²) in [5, 5.41) is 0. The van der Waals surface area contributed by atoms with Gasteiger partial charge in [0.2, 0.25) is 0 Å². The van der Waals surface area contributed by atoms with Gasteiger partial charge in [-0.2, -0.15) is 0 Å². The summed E-state index contributed by atoms with van der Waals surface area (Å²) < 4.78 is 3.27. The Balaban J connectivity index is 2.39. The fourth-order valence-electron chi connectivity index (χ4n) is 0.928. The van der Waals surface area contributed by atoms with Crippen LogP contribution in [-0.2, 0) is 0 Å². The molecule has 48 valence electrons. The molecule has 1 rings (SSSR count). The Morgan fingerprint density at radius 1 is 1.62 bits per heavy atom. The van der Waals surface area contributed by atoms with Crippen LogP contribution in [-0.4, -0.2) is 19.6 Å². The van der Waals surface area contributed by atoms with Crippen LogP contribution in [0.2, 0.25) is 0 Å². The zero-order valence-corrected chi connectivity index (χ0v) is 9.09. The Labute approximate surface area is 77.8 Å². The van der Waals surface area contributed by atoms with Crippen molar-refractivity contribution in [3.63, 3.8) is 0 Å². The second-order valence-electron chi connectivity index (χ2n) is 2.26. The van der Waals surface area contributed by atoms with E-state index in [1.54, 1.807) is 0 Å². The highest BCUT2D eigenvalue weighted by Gasteiger charge is 2.24. The van der Waals surface area contributed by atoms with E-state index >= 15 is 0 Å². The van der Waals surface area contributed by atoms with Crippen molar-refractivity contribution in [2.75, 3.05) is 6.54 Å². The predicted molar refractivity (Wildman–Crippen MR) is 52.6 cm³/mol. The smallest absolute Gasteiger partial charge is 0.0260 e. The van der Waals surface area contributed by atoms with Crippen LogP contribution in [0.3, 0.4) is 0 Å². The molecule has 1 nitrogen and oxygen atoms in total. The molecule has 0 aromatic rings. The molecule has 1 aliphatic heterocycles. The molecule has 0 amide bonds. The zero-order valence-electron chi connectivity index (χ0n) is 4.77. The molecule has 2 atom stereocenters. The molecule has 0 saturated carbocycles. The molecule has 0 N–H and O–H groups in total. The van der Waals surface area contributed by atoms with E-state index in [4.69, 9.17) is 0 Å². The van der Waals surface area contributed by atoms with E-state index in [2.05, 4.69) is 55.5 Å². The molecule has 1 fully saturated rings. The molecule has 0 aromatic heterocycles. The highest BCUT2D eigenvalue weighted by atomic mass is 127. The Hall–Kier alpha value is 1.42. The molecular weight excluding hydrogens is 328 g/mol. The average Bonchev–Trinajstić information content (AvgIpc) is 1.85. The summed E-state index contributed by atoms with van der Waals surface area (Å²) in [6.45, 7) is 3.55. The topological polar surface area (TPSA) is 3.24 Å². The van der Waals surface area contributed by atoms with Crippen LogP contribution in [0.25, 0.3) is 0 Å². The van der Waals surface area contributed by atoms with Crippen molar-refractivity contribution < 1.29 is 0 Å². The molecule has 0 bridgehead atoms. The van der Waals surface area contributed by atoms with Gasteiger partial charge in [-0.25, -0.2) is 3.11 Å². The van der Waals surface area contributed by atoms with Crippen LogP contribution in [0.15, 0.2) is 0 Å².